The van der Waals surface area contributed by atoms with E-state index < -0.39 is 10.1 Å². The van der Waals surface area contributed by atoms with Crippen LogP contribution >= 0.6 is 15.9 Å². The van der Waals surface area contributed by atoms with E-state index in [1.165, 1.54) is 0 Å². The Hall–Kier alpha value is -0.470. The van der Waals surface area contributed by atoms with Crippen LogP contribution in [0.15, 0.2) is 29.2 Å². The Kier molecular flexibility index (Phi) is 6.47. The van der Waals surface area contributed by atoms with Gasteiger partial charge in [-0.05, 0) is 19.1 Å². The van der Waals surface area contributed by atoms with Crippen molar-refractivity contribution in [3.8, 4) is 0 Å². The van der Waals surface area contributed by atoms with E-state index in [0.717, 1.165) is 24.1 Å². The van der Waals surface area contributed by atoms with E-state index in [0.29, 0.717) is 18.6 Å². The Balaban J connectivity index is 0.000000249. The van der Waals surface area contributed by atoms with Crippen molar-refractivity contribution in [2.75, 3.05) is 38.4 Å². The average molecular weight is 421 g/mol. The molecule has 0 amide bonds. The Bertz CT molecular complexity index is 628. The average Bonchev–Trinajstić information content (AvgIpc) is 2.50. The van der Waals surface area contributed by atoms with Gasteiger partial charge >= 0.3 is 0 Å². The van der Waals surface area contributed by atoms with Crippen LogP contribution in [-0.4, -0.2) is 46.8 Å². The van der Waals surface area contributed by atoms with Crippen molar-refractivity contribution in [3.05, 3.63) is 29.8 Å². The number of halogens is 1. The number of alkyl halides is 1. The fourth-order valence-electron chi connectivity index (χ4n) is 2.05. The van der Waals surface area contributed by atoms with Crippen LogP contribution in [0.5, 0.6) is 0 Å². The van der Waals surface area contributed by atoms with E-state index >= 15 is 0 Å². The largest absolute Gasteiger partial charge is 0.380 e. The van der Waals surface area contributed by atoms with E-state index in [-0.39, 0.29) is 16.9 Å². The maximum Gasteiger partial charge on any atom is 0.296 e. The van der Waals surface area contributed by atoms with Crippen LogP contribution in [0.1, 0.15) is 19.4 Å². The molecule has 24 heavy (non-hydrogen) atoms. The minimum absolute atomic E-state index is 0.169. The molecule has 1 aromatic carbocycles. The zero-order valence-corrected chi connectivity index (χ0v) is 16.8. The molecule has 0 aromatic heterocycles. The summed E-state index contributed by atoms with van der Waals surface area (Å²) in [6.07, 6.45) is 0. The van der Waals surface area contributed by atoms with E-state index in [1.807, 2.05) is 13.8 Å². The third-order valence-electron chi connectivity index (χ3n) is 4.00. The molecule has 0 unspecified atom stereocenters. The van der Waals surface area contributed by atoms with Crippen LogP contribution < -0.4 is 0 Å². The van der Waals surface area contributed by atoms with Gasteiger partial charge in [0.15, 0.2) is 0 Å². The fourth-order valence-corrected chi connectivity index (χ4v) is 3.42. The molecule has 2 aliphatic heterocycles. The molecule has 0 N–H and O–H groups in total. The molecule has 2 saturated heterocycles. The summed E-state index contributed by atoms with van der Waals surface area (Å²) in [5.41, 5.74) is 1.31. The van der Waals surface area contributed by atoms with Gasteiger partial charge in [0.1, 0.15) is 0 Å². The van der Waals surface area contributed by atoms with Crippen LogP contribution in [0.3, 0.4) is 0 Å². The summed E-state index contributed by atoms with van der Waals surface area (Å²) in [6, 6.07) is 6.63. The Morgan fingerprint density at radius 1 is 1.04 bits per heavy atom. The summed E-state index contributed by atoms with van der Waals surface area (Å²) in [6.45, 7) is 9.20. The molecule has 2 aliphatic rings. The van der Waals surface area contributed by atoms with Crippen molar-refractivity contribution in [1.82, 2.24) is 0 Å². The lowest BCUT2D eigenvalue weighted by Crippen LogP contribution is -2.44. The molecule has 5 nitrogen and oxygen atoms in total. The summed E-state index contributed by atoms with van der Waals surface area (Å²) >= 11 is 3.40. The first-order valence-electron chi connectivity index (χ1n) is 7.86. The summed E-state index contributed by atoms with van der Waals surface area (Å²) < 4.78 is 38.8. The molecular formula is C17H25BrO5S. The minimum Gasteiger partial charge on any atom is -0.380 e. The molecule has 1 aromatic rings. The topological polar surface area (TPSA) is 61.8 Å². The first-order chi connectivity index (χ1) is 11.2. The van der Waals surface area contributed by atoms with Crippen molar-refractivity contribution >= 4 is 26.0 Å². The molecule has 7 heteroatoms. The van der Waals surface area contributed by atoms with Crippen LogP contribution in [0, 0.1) is 17.8 Å². The lowest BCUT2D eigenvalue weighted by molar-refractivity contribution is -0.119. The van der Waals surface area contributed by atoms with Crippen molar-refractivity contribution in [3.63, 3.8) is 0 Å². The Labute approximate surface area is 152 Å². The van der Waals surface area contributed by atoms with Gasteiger partial charge in [0.2, 0.25) is 0 Å². The highest BCUT2D eigenvalue weighted by Crippen LogP contribution is 2.28. The predicted octanol–water partition coefficient (Wildman–Crippen LogP) is 3.15. The number of ether oxygens (including phenoxy) is 2. The number of benzene rings is 1. The fraction of sp³-hybridized carbons (Fsp3) is 0.647. The zero-order valence-electron chi connectivity index (χ0n) is 14.4. The number of hydrogen-bond acceptors (Lipinski definition) is 5. The van der Waals surface area contributed by atoms with Gasteiger partial charge < -0.3 is 9.47 Å². The van der Waals surface area contributed by atoms with E-state index in [4.69, 9.17) is 13.7 Å². The van der Waals surface area contributed by atoms with Gasteiger partial charge in [0.05, 0.1) is 37.9 Å². The molecule has 0 radical (unpaired) electrons. The SMILES string of the molecule is CC1(CBr)COC1.Cc1ccc(S(=O)(=O)OCC2(C)COC2)cc1. The summed E-state index contributed by atoms with van der Waals surface area (Å²) in [5.74, 6) is 0. The normalized spacial score (nSPS) is 21.0. The van der Waals surface area contributed by atoms with Crippen molar-refractivity contribution in [2.24, 2.45) is 10.8 Å². The summed E-state index contributed by atoms with van der Waals surface area (Å²) in [5, 5.41) is 1.07. The maximum absolute atomic E-state index is 11.9. The first-order valence-corrected chi connectivity index (χ1v) is 10.4. The molecule has 3 rings (SSSR count). The van der Waals surface area contributed by atoms with Gasteiger partial charge in [0, 0.05) is 16.2 Å². The quantitative estimate of drug-likeness (QED) is 0.540. The zero-order chi connectivity index (χ0) is 17.8. The van der Waals surface area contributed by atoms with Crippen LogP contribution in [-0.2, 0) is 23.8 Å². The minimum atomic E-state index is -3.64. The van der Waals surface area contributed by atoms with Crippen LogP contribution in [0.2, 0.25) is 0 Å². The van der Waals surface area contributed by atoms with Gasteiger partial charge in [0.25, 0.3) is 10.1 Å². The van der Waals surface area contributed by atoms with Gasteiger partial charge in [-0.15, -0.1) is 0 Å². The van der Waals surface area contributed by atoms with E-state index in [9.17, 15) is 8.42 Å². The van der Waals surface area contributed by atoms with Gasteiger partial charge in [-0.3, -0.25) is 4.18 Å². The lowest BCUT2D eigenvalue weighted by Gasteiger charge is -2.37. The van der Waals surface area contributed by atoms with Gasteiger partial charge in [-0.25, -0.2) is 0 Å². The highest BCUT2D eigenvalue weighted by molar-refractivity contribution is 9.09. The van der Waals surface area contributed by atoms with Gasteiger partial charge in [-0.2, -0.15) is 8.42 Å². The van der Waals surface area contributed by atoms with E-state index in [1.54, 1.807) is 24.3 Å². The molecule has 0 atom stereocenters. The first kappa shape index (κ1) is 19.8. The number of rotatable bonds is 5. The van der Waals surface area contributed by atoms with Crippen molar-refractivity contribution in [1.29, 1.82) is 0 Å². The van der Waals surface area contributed by atoms with Crippen LogP contribution in [0.4, 0.5) is 0 Å². The second-order valence-corrected chi connectivity index (χ2v) is 9.45. The number of hydrogen-bond donors (Lipinski definition) is 0. The molecule has 0 saturated carbocycles. The molecular weight excluding hydrogens is 396 g/mol. The molecule has 136 valence electrons. The number of aryl methyl sites for hydroxylation is 1. The third-order valence-corrected chi connectivity index (χ3v) is 6.63. The lowest BCUT2D eigenvalue weighted by atomic mass is 9.90. The monoisotopic (exact) mass is 420 g/mol. The standard InChI is InChI=1S/C12H16O4S.C5H9BrO/c1-10-3-5-11(6-4-10)17(13,14)16-9-12(2)7-15-8-12;1-5(2-6)3-7-4-5/h3-6H,7-9H2,1-2H3;2-4H2,1H3. The molecule has 0 spiro atoms. The maximum atomic E-state index is 11.9. The second-order valence-electron chi connectivity index (χ2n) is 7.27. The summed E-state index contributed by atoms with van der Waals surface area (Å²) in [7, 11) is -3.64. The van der Waals surface area contributed by atoms with Gasteiger partial charge in [-0.1, -0.05) is 47.5 Å². The summed E-state index contributed by atoms with van der Waals surface area (Å²) in [4.78, 5) is 0.201. The highest BCUT2D eigenvalue weighted by Gasteiger charge is 2.35. The smallest absolute Gasteiger partial charge is 0.296 e. The third kappa shape index (κ3) is 5.26. The molecule has 0 aliphatic carbocycles. The predicted molar refractivity (Wildman–Crippen MR) is 96.0 cm³/mol. The van der Waals surface area contributed by atoms with Crippen molar-refractivity contribution < 1.29 is 22.1 Å². The molecule has 0 bridgehead atoms. The second kappa shape index (κ2) is 7.83. The Morgan fingerprint density at radius 2 is 1.54 bits per heavy atom. The van der Waals surface area contributed by atoms with Crippen LogP contribution in [0.25, 0.3) is 0 Å². The molecule has 2 fully saturated rings. The highest BCUT2D eigenvalue weighted by atomic mass is 79.9. The Morgan fingerprint density at radius 3 is 1.88 bits per heavy atom. The van der Waals surface area contributed by atoms with Crippen molar-refractivity contribution in [2.45, 2.75) is 25.7 Å². The van der Waals surface area contributed by atoms with E-state index in [2.05, 4.69) is 22.9 Å². The molecule has 2 heterocycles.